The Morgan fingerprint density at radius 3 is 2.78 bits per heavy atom. The summed E-state index contributed by atoms with van der Waals surface area (Å²) < 4.78 is 5.81. The summed E-state index contributed by atoms with van der Waals surface area (Å²) in [5.74, 6) is 0.937. The fourth-order valence-electron chi connectivity index (χ4n) is 2.46. The average molecular weight is 239 g/mol. The molecule has 18 heavy (non-hydrogen) atoms. The third-order valence-electron chi connectivity index (χ3n) is 3.49. The molecular weight excluding hydrogens is 222 g/mol. The zero-order valence-electron chi connectivity index (χ0n) is 10.3. The van der Waals surface area contributed by atoms with Crippen LogP contribution in [0.3, 0.4) is 0 Å². The highest BCUT2D eigenvalue weighted by Gasteiger charge is 2.18. The van der Waals surface area contributed by atoms with Crippen molar-refractivity contribution in [2.24, 2.45) is 5.73 Å². The Balaban J connectivity index is 1.71. The van der Waals surface area contributed by atoms with E-state index in [1.807, 2.05) is 24.3 Å². The Bertz CT molecular complexity index is 536. The number of aryl methyl sites for hydroxylation is 1. The van der Waals surface area contributed by atoms with E-state index >= 15 is 0 Å². The first-order valence-electron chi connectivity index (χ1n) is 6.38. The SMILES string of the molecule is N[C@@H]1CCc2cc(OCc3ccccc3)ccc21. The fourth-order valence-corrected chi connectivity index (χ4v) is 2.46. The predicted molar refractivity (Wildman–Crippen MR) is 72.5 cm³/mol. The standard InChI is InChI=1S/C16H17NO/c17-16-9-6-13-10-14(7-8-15(13)16)18-11-12-4-2-1-3-5-12/h1-5,7-8,10,16H,6,9,11,17H2/t16-/m1/s1. The van der Waals surface area contributed by atoms with E-state index in [4.69, 9.17) is 10.5 Å². The molecule has 0 aromatic heterocycles. The number of fused-ring (bicyclic) bond motifs is 1. The molecule has 2 aromatic rings. The maximum Gasteiger partial charge on any atom is 0.120 e. The molecule has 0 saturated carbocycles. The van der Waals surface area contributed by atoms with Crippen molar-refractivity contribution < 1.29 is 4.74 Å². The first-order chi connectivity index (χ1) is 8.83. The van der Waals surface area contributed by atoms with Crippen molar-refractivity contribution in [3.8, 4) is 5.75 Å². The van der Waals surface area contributed by atoms with Gasteiger partial charge in [0.05, 0.1) is 0 Å². The molecule has 0 heterocycles. The van der Waals surface area contributed by atoms with Gasteiger partial charge in [-0.3, -0.25) is 0 Å². The fraction of sp³-hybridized carbons (Fsp3) is 0.250. The first-order valence-corrected chi connectivity index (χ1v) is 6.38. The van der Waals surface area contributed by atoms with Crippen LogP contribution in [0, 0.1) is 0 Å². The summed E-state index contributed by atoms with van der Waals surface area (Å²) in [6.45, 7) is 0.617. The molecule has 0 aliphatic heterocycles. The monoisotopic (exact) mass is 239 g/mol. The molecule has 2 nitrogen and oxygen atoms in total. The van der Waals surface area contributed by atoms with Gasteiger partial charge in [0, 0.05) is 6.04 Å². The maximum atomic E-state index is 6.02. The molecule has 2 aromatic carbocycles. The molecular formula is C16H17NO. The Hall–Kier alpha value is -1.80. The van der Waals surface area contributed by atoms with Gasteiger partial charge in [-0.25, -0.2) is 0 Å². The molecule has 92 valence electrons. The molecule has 2 N–H and O–H groups in total. The van der Waals surface area contributed by atoms with Crippen molar-refractivity contribution in [3.05, 3.63) is 65.2 Å². The van der Waals surface area contributed by atoms with E-state index in [-0.39, 0.29) is 6.04 Å². The average Bonchev–Trinajstić information content (AvgIpc) is 2.79. The molecule has 1 aliphatic carbocycles. The van der Waals surface area contributed by atoms with Crippen LogP contribution in [-0.4, -0.2) is 0 Å². The maximum absolute atomic E-state index is 6.02. The summed E-state index contributed by atoms with van der Waals surface area (Å²) in [5, 5.41) is 0. The van der Waals surface area contributed by atoms with Gasteiger partial charge in [-0.15, -0.1) is 0 Å². The number of hydrogen-bond acceptors (Lipinski definition) is 2. The molecule has 0 fully saturated rings. The first kappa shape index (κ1) is 11.3. The number of benzene rings is 2. The summed E-state index contributed by atoms with van der Waals surface area (Å²) in [6.07, 6.45) is 2.12. The van der Waals surface area contributed by atoms with Crippen LogP contribution in [0.5, 0.6) is 5.75 Å². The second-order valence-electron chi connectivity index (χ2n) is 4.78. The summed E-state index contributed by atoms with van der Waals surface area (Å²) in [6, 6.07) is 16.7. The summed E-state index contributed by atoms with van der Waals surface area (Å²) in [4.78, 5) is 0. The van der Waals surface area contributed by atoms with E-state index in [1.165, 1.54) is 16.7 Å². The quantitative estimate of drug-likeness (QED) is 0.892. The highest BCUT2D eigenvalue weighted by molar-refractivity contribution is 5.40. The second-order valence-corrected chi connectivity index (χ2v) is 4.78. The lowest BCUT2D eigenvalue weighted by Crippen LogP contribution is -2.05. The van der Waals surface area contributed by atoms with Gasteiger partial charge in [-0.2, -0.15) is 0 Å². The Labute approximate surface area is 107 Å². The van der Waals surface area contributed by atoms with Gasteiger partial charge < -0.3 is 10.5 Å². The minimum atomic E-state index is 0.211. The van der Waals surface area contributed by atoms with Gasteiger partial charge in [0.2, 0.25) is 0 Å². The molecule has 3 rings (SSSR count). The van der Waals surface area contributed by atoms with Crippen LogP contribution < -0.4 is 10.5 Å². The van der Waals surface area contributed by atoms with Crippen molar-refractivity contribution in [1.29, 1.82) is 0 Å². The molecule has 0 radical (unpaired) electrons. The van der Waals surface area contributed by atoms with Crippen molar-refractivity contribution in [1.82, 2.24) is 0 Å². The molecule has 0 saturated heterocycles. The van der Waals surface area contributed by atoms with Crippen LogP contribution in [-0.2, 0) is 13.0 Å². The van der Waals surface area contributed by atoms with E-state index in [0.717, 1.165) is 18.6 Å². The van der Waals surface area contributed by atoms with Gasteiger partial charge >= 0.3 is 0 Å². The lowest BCUT2D eigenvalue weighted by atomic mass is 10.1. The topological polar surface area (TPSA) is 35.2 Å². The molecule has 0 spiro atoms. The highest BCUT2D eigenvalue weighted by atomic mass is 16.5. The second kappa shape index (κ2) is 4.83. The summed E-state index contributed by atoms with van der Waals surface area (Å²) >= 11 is 0. The molecule has 0 unspecified atom stereocenters. The number of nitrogens with two attached hydrogens (primary N) is 1. The van der Waals surface area contributed by atoms with Gasteiger partial charge in [-0.05, 0) is 41.7 Å². The third-order valence-corrected chi connectivity index (χ3v) is 3.49. The zero-order chi connectivity index (χ0) is 12.4. The van der Waals surface area contributed by atoms with Gasteiger partial charge in [0.1, 0.15) is 12.4 Å². The molecule has 0 amide bonds. The molecule has 0 bridgehead atoms. The van der Waals surface area contributed by atoms with Crippen LogP contribution in [0.4, 0.5) is 0 Å². The van der Waals surface area contributed by atoms with Gasteiger partial charge in [-0.1, -0.05) is 36.4 Å². The lowest BCUT2D eigenvalue weighted by molar-refractivity contribution is 0.306. The third kappa shape index (κ3) is 2.24. The largest absolute Gasteiger partial charge is 0.489 e. The smallest absolute Gasteiger partial charge is 0.120 e. The van der Waals surface area contributed by atoms with Crippen molar-refractivity contribution >= 4 is 0 Å². The Morgan fingerprint density at radius 1 is 1.11 bits per heavy atom. The summed E-state index contributed by atoms with van der Waals surface area (Å²) in [7, 11) is 0. The van der Waals surface area contributed by atoms with Gasteiger partial charge in [0.25, 0.3) is 0 Å². The van der Waals surface area contributed by atoms with Crippen molar-refractivity contribution in [2.45, 2.75) is 25.5 Å². The normalized spacial score (nSPS) is 17.5. The van der Waals surface area contributed by atoms with E-state index in [0.29, 0.717) is 6.61 Å². The Kier molecular flexibility index (Phi) is 3.03. The number of hydrogen-bond donors (Lipinski definition) is 1. The number of ether oxygens (including phenoxy) is 1. The zero-order valence-corrected chi connectivity index (χ0v) is 10.3. The minimum Gasteiger partial charge on any atom is -0.489 e. The van der Waals surface area contributed by atoms with Crippen molar-refractivity contribution in [2.75, 3.05) is 0 Å². The van der Waals surface area contributed by atoms with E-state index in [1.54, 1.807) is 0 Å². The highest BCUT2D eigenvalue weighted by Crippen LogP contribution is 2.31. The van der Waals surface area contributed by atoms with E-state index in [2.05, 4.69) is 24.3 Å². The lowest BCUT2D eigenvalue weighted by Gasteiger charge is -2.09. The van der Waals surface area contributed by atoms with E-state index in [9.17, 15) is 0 Å². The van der Waals surface area contributed by atoms with Crippen LogP contribution in [0.2, 0.25) is 0 Å². The van der Waals surface area contributed by atoms with Crippen LogP contribution in [0.1, 0.15) is 29.2 Å². The Morgan fingerprint density at radius 2 is 1.94 bits per heavy atom. The van der Waals surface area contributed by atoms with E-state index < -0.39 is 0 Å². The van der Waals surface area contributed by atoms with Crippen molar-refractivity contribution in [3.63, 3.8) is 0 Å². The molecule has 1 aliphatic rings. The van der Waals surface area contributed by atoms with Crippen LogP contribution >= 0.6 is 0 Å². The summed E-state index contributed by atoms with van der Waals surface area (Å²) in [5.41, 5.74) is 9.83. The molecule has 2 heteroatoms. The van der Waals surface area contributed by atoms with Crippen LogP contribution in [0.25, 0.3) is 0 Å². The predicted octanol–water partition coefficient (Wildman–Crippen LogP) is 3.21. The molecule has 1 atom stereocenters. The number of rotatable bonds is 3. The minimum absolute atomic E-state index is 0.211. The van der Waals surface area contributed by atoms with Gasteiger partial charge in [0.15, 0.2) is 0 Å². The van der Waals surface area contributed by atoms with Crippen LogP contribution in [0.15, 0.2) is 48.5 Å².